The highest BCUT2D eigenvalue weighted by Crippen LogP contribution is 2.31. The van der Waals surface area contributed by atoms with E-state index in [1.165, 1.54) is 13.2 Å². The lowest BCUT2D eigenvalue weighted by Crippen LogP contribution is -2.18. The van der Waals surface area contributed by atoms with Gasteiger partial charge in [-0.05, 0) is 24.1 Å². The van der Waals surface area contributed by atoms with Crippen LogP contribution in [0.4, 0.5) is 0 Å². The Morgan fingerprint density at radius 2 is 2.20 bits per heavy atom. The summed E-state index contributed by atoms with van der Waals surface area (Å²) in [6, 6.07) is 4.60. The Balaban J connectivity index is 2.29. The molecule has 6 heteroatoms. The van der Waals surface area contributed by atoms with Gasteiger partial charge in [-0.15, -0.1) is 0 Å². The van der Waals surface area contributed by atoms with Gasteiger partial charge in [-0.1, -0.05) is 25.4 Å². The summed E-state index contributed by atoms with van der Waals surface area (Å²) in [4.78, 5) is 4.31. The van der Waals surface area contributed by atoms with Crippen molar-refractivity contribution >= 4 is 0 Å². The minimum absolute atomic E-state index is 0.0660. The second-order valence-corrected chi connectivity index (χ2v) is 4.75. The maximum absolute atomic E-state index is 9.57. The third kappa shape index (κ3) is 2.75. The smallest absolute Gasteiger partial charge is 0.244 e. The fourth-order valence-electron chi connectivity index (χ4n) is 1.80. The van der Waals surface area contributed by atoms with Crippen LogP contribution in [0.3, 0.4) is 0 Å². The minimum Gasteiger partial charge on any atom is -0.504 e. The average molecular weight is 277 g/mol. The molecule has 0 saturated heterocycles. The van der Waals surface area contributed by atoms with E-state index in [0.717, 1.165) is 6.42 Å². The predicted molar refractivity (Wildman–Crippen MR) is 74.3 cm³/mol. The van der Waals surface area contributed by atoms with Crippen LogP contribution in [0.25, 0.3) is 11.4 Å². The molecule has 0 amide bonds. The van der Waals surface area contributed by atoms with Crippen LogP contribution in [0, 0.1) is 5.92 Å². The highest BCUT2D eigenvalue weighted by molar-refractivity contribution is 5.60. The topological polar surface area (TPSA) is 94.4 Å². The Hall–Kier alpha value is -2.08. The van der Waals surface area contributed by atoms with Crippen LogP contribution in [0.15, 0.2) is 22.7 Å². The molecule has 1 unspecified atom stereocenters. The predicted octanol–water partition coefficient (Wildman–Crippen LogP) is 2.50. The van der Waals surface area contributed by atoms with Gasteiger partial charge >= 0.3 is 0 Å². The Bertz CT molecular complexity index is 583. The fraction of sp³-hybridized carbons (Fsp3) is 0.429. The molecule has 0 spiro atoms. The Morgan fingerprint density at radius 1 is 1.45 bits per heavy atom. The van der Waals surface area contributed by atoms with Gasteiger partial charge in [-0.3, -0.25) is 0 Å². The summed E-state index contributed by atoms with van der Waals surface area (Å²) in [5.74, 6) is 1.53. The molecule has 0 bridgehead atoms. The van der Waals surface area contributed by atoms with Gasteiger partial charge in [0.25, 0.3) is 0 Å². The zero-order chi connectivity index (χ0) is 14.7. The number of phenols is 1. The molecule has 3 N–H and O–H groups in total. The molecule has 0 fully saturated rings. The molecule has 0 radical (unpaired) electrons. The number of nitrogens with zero attached hydrogens (tertiary/aromatic N) is 2. The van der Waals surface area contributed by atoms with Crippen molar-refractivity contribution in [1.29, 1.82) is 0 Å². The number of aromatic nitrogens is 2. The summed E-state index contributed by atoms with van der Waals surface area (Å²) in [5.41, 5.74) is 6.76. The summed E-state index contributed by atoms with van der Waals surface area (Å²) in [5, 5.41) is 13.5. The molecule has 20 heavy (non-hydrogen) atoms. The molecule has 1 aromatic heterocycles. The molecule has 0 saturated carbocycles. The fourth-order valence-corrected chi connectivity index (χ4v) is 1.80. The van der Waals surface area contributed by atoms with E-state index >= 15 is 0 Å². The zero-order valence-electron chi connectivity index (χ0n) is 11.8. The first-order valence-electron chi connectivity index (χ1n) is 6.53. The third-order valence-corrected chi connectivity index (χ3v) is 3.42. The molecule has 0 aliphatic rings. The molecule has 0 aliphatic carbocycles. The largest absolute Gasteiger partial charge is 0.504 e. The van der Waals surface area contributed by atoms with E-state index in [1.807, 2.05) is 6.92 Å². The average Bonchev–Trinajstić information content (AvgIpc) is 2.95. The van der Waals surface area contributed by atoms with Gasteiger partial charge < -0.3 is 20.1 Å². The quantitative estimate of drug-likeness (QED) is 0.872. The molecule has 2 rings (SSSR count). The van der Waals surface area contributed by atoms with Crippen LogP contribution >= 0.6 is 0 Å². The SMILES string of the molecule is CCC(C)[C@H](N)c1nc(-c2ccc(O)c(OC)c2)no1. The van der Waals surface area contributed by atoms with Gasteiger partial charge in [-0.25, -0.2) is 0 Å². The second kappa shape index (κ2) is 5.92. The van der Waals surface area contributed by atoms with Gasteiger partial charge in [-0.2, -0.15) is 4.98 Å². The maximum atomic E-state index is 9.57. The van der Waals surface area contributed by atoms with Crippen molar-refractivity contribution in [3.05, 3.63) is 24.1 Å². The van der Waals surface area contributed by atoms with Gasteiger partial charge in [0, 0.05) is 5.56 Å². The minimum atomic E-state index is -0.278. The van der Waals surface area contributed by atoms with Gasteiger partial charge in [0.1, 0.15) is 0 Å². The van der Waals surface area contributed by atoms with E-state index in [1.54, 1.807) is 12.1 Å². The number of methoxy groups -OCH3 is 1. The lowest BCUT2D eigenvalue weighted by molar-refractivity contribution is 0.312. The van der Waals surface area contributed by atoms with Crippen molar-refractivity contribution in [3.8, 4) is 22.9 Å². The molecule has 2 aromatic rings. The van der Waals surface area contributed by atoms with Crippen molar-refractivity contribution in [2.45, 2.75) is 26.3 Å². The number of ether oxygens (including phenoxy) is 1. The first-order valence-corrected chi connectivity index (χ1v) is 6.53. The Kier molecular flexibility index (Phi) is 4.24. The zero-order valence-corrected chi connectivity index (χ0v) is 11.8. The molecule has 1 heterocycles. The number of rotatable bonds is 5. The van der Waals surface area contributed by atoms with Crippen molar-refractivity contribution in [3.63, 3.8) is 0 Å². The first-order chi connectivity index (χ1) is 9.56. The summed E-state index contributed by atoms with van der Waals surface area (Å²) < 4.78 is 10.3. The Labute approximate surface area is 117 Å². The highest BCUT2D eigenvalue weighted by Gasteiger charge is 2.20. The van der Waals surface area contributed by atoms with E-state index in [-0.39, 0.29) is 17.7 Å². The third-order valence-electron chi connectivity index (χ3n) is 3.42. The molecule has 2 atom stereocenters. The lowest BCUT2D eigenvalue weighted by Gasteiger charge is -2.12. The van der Waals surface area contributed by atoms with Crippen LogP contribution in [0.5, 0.6) is 11.5 Å². The molecular formula is C14H19N3O3. The van der Waals surface area contributed by atoms with Crippen molar-refractivity contribution in [1.82, 2.24) is 10.1 Å². The monoisotopic (exact) mass is 277 g/mol. The molecule has 108 valence electrons. The molecule has 0 aliphatic heterocycles. The van der Waals surface area contributed by atoms with Gasteiger partial charge in [0.15, 0.2) is 11.5 Å². The maximum Gasteiger partial charge on any atom is 0.244 e. The lowest BCUT2D eigenvalue weighted by atomic mass is 10.0. The molecular weight excluding hydrogens is 258 g/mol. The van der Waals surface area contributed by atoms with E-state index in [4.69, 9.17) is 15.0 Å². The number of benzene rings is 1. The highest BCUT2D eigenvalue weighted by atomic mass is 16.5. The van der Waals surface area contributed by atoms with E-state index in [0.29, 0.717) is 23.0 Å². The first kappa shape index (κ1) is 14.3. The van der Waals surface area contributed by atoms with Gasteiger partial charge in [0.05, 0.1) is 13.2 Å². The standard InChI is InChI=1S/C14H19N3O3/c1-4-8(2)12(15)14-16-13(17-20-14)9-5-6-10(18)11(7-9)19-3/h5-8,12,18H,4,15H2,1-3H3/t8?,12-/m0/s1. The summed E-state index contributed by atoms with van der Waals surface area (Å²) in [6.45, 7) is 4.10. The summed E-state index contributed by atoms with van der Waals surface area (Å²) in [7, 11) is 1.49. The van der Waals surface area contributed by atoms with Crippen LogP contribution < -0.4 is 10.5 Å². The number of phenolic OH excluding ortho intramolecular Hbond substituents is 1. The van der Waals surface area contributed by atoms with E-state index in [2.05, 4.69) is 17.1 Å². The second-order valence-electron chi connectivity index (χ2n) is 4.75. The number of hydrogen-bond acceptors (Lipinski definition) is 6. The van der Waals surface area contributed by atoms with Crippen molar-refractivity contribution < 1.29 is 14.4 Å². The van der Waals surface area contributed by atoms with Gasteiger partial charge in [0.2, 0.25) is 11.7 Å². The van der Waals surface area contributed by atoms with Crippen LogP contribution in [0.1, 0.15) is 32.2 Å². The molecule has 6 nitrogen and oxygen atoms in total. The van der Waals surface area contributed by atoms with E-state index < -0.39 is 0 Å². The normalized spacial score (nSPS) is 14.0. The van der Waals surface area contributed by atoms with Crippen molar-refractivity contribution in [2.24, 2.45) is 11.7 Å². The molecule has 1 aromatic carbocycles. The van der Waals surface area contributed by atoms with E-state index in [9.17, 15) is 5.11 Å². The van der Waals surface area contributed by atoms with Crippen LogP contribution in [0.2, 0.25) is 0 Å². The number of aromatic hydroxyl groups is 1. The number of hydrogen-bond donors (Lipinski definition) is 2. The number of nitrogens with two attached hydrogens (primary N) is 1. The Morgan fingerprint density at radius 3 is 2.85 bits per heavy atom. The van der Waals surface area contributed by atoms with Crippen molar-refractivity contribution in [2.75, 3.05) is 7.11 Å². The summed E-state index contributed by atoms with van der Waals surface area (Å²) in [6.07, 6.45) is 0.936. The van der Waals surface area contributed by atoms with Crippen LogP contribution in [-0.4, -0.2) is 22.4 Å². The summed E-state index contributed by atoms with van der Waals surface area (Å²) >= 11 is 0. The van der Waals surface area contributed by atoms with Crippen LogP contribution in [-0.2, 0) is 0 Å².